The first-order valence-electron chi connectivity index (χ1n) is 7.08. The Labute approximate surface area is 109 Å². The molecule has 1 saturated heterocycles. The van der Waals surface area contributed by atoms with Crippen molar-refractivity contribution in [3.8, 4) is 0 Å². The molecular formula is C13H23N5. The highest BCUT2D eigenvalue weighted by molar-refractivity contribution is 4.96. The lowest BCUT2D eigenvalue weighted by molar-refractivity contribution is 0.138. The molecule has 2 fully saturated rings. The molecule has 5 heteroatoms. The molecule has 0 amide bonds. The standard InChI is InChI=1S/C13H23N5/c1-10(13-16-14-9-17(13)2)18-7-3-4-12(8-18)15-11-5-6-11/h9-12,15H,3-8H2,1-2H3. The zero-order chi connectivity index (χ0) is 12.5. The molecule has 0 bridgehead atoms. The molecule has 2 aliphatic rings. The second-order valence-electron chi connectivity index (χ2n) is 5.75. The van der Waals surface area contributed by atoms with E-state index in [4.69, 9.17) is 0 Å². The highest BCUT2D eigenvalue weighted by Crippen LogP contribution is 2.25. The molecule has 5 nitrogen and oxygen atoms in total. The molecule has 18 heavy (non-hydrogen) atoms. The summed E-state index contributed by atoms with van der Waals surface area (Å²) in [6, 6.07) is 1.84. The molecule has 100 valence electrons. The molecule has 3 rings (SSSR count). The summed E-state index contributed by atoms with van der Waals surface area (Å²) in [7, 11) is 2.02. The second-order valence-corrected chi connectivity index (χ2v) is 5.75. The topological polar surface area (TPSA) is 46.0 Å². The van der Waals surface area contributed by atoms with Crippen LogP contribution in [0.5, 0.6) is 0 Å². The highest BCUT2D eigenvalue weighted by Gasteiger charge is 2.30. The van der Waals surface area contributed by atoms with Gasteiger partial charge in [-0.15, -0.1) is 10.2 Å². The minimum absolute atomic E-state index is 0.362. The van der Waals surface area contributed by atoms with E-state index in [9.17, 15) is 0 Å². The third-order valence-corrected chi connectivity index (χ3v) is 4.17. The molecule has 0 radical (unpaired) electrons. The molecule has 2 unspecified atom stereocenters. The van der Waals surface area contributed by atoms with Crippen molar-refractivity contribution in [3.63, 3.8) is 0 Å². The number of piperidine rings is 1. The van der Waals surface area contributed by atoms with Crippen molar-refractivity contribution in [1.29, 1.82) is 0 Å². The number of nitrogens with zero attached hydrogens (tertiary/aromatic N) is 4. The Bertz CT molecular complexity index is 398. The van der Waals surface area contributed by atoms with Crippen LogP contribution in [0.15, 0.2) is 6.33 Å². The quantitative estimate of drug-likeness (QED) is 0.868. The monoisotopic (exact) mass is 249 g/mol. The molecule has 1 aliphatic carbocycles. The molecule has 1 aliphatic heterocycles. The molecule has 1 aromatic rings. The summed E-state index contributed by atoms with van der Waals surface area (Å²) in [5.41, 5.74) is 0. The number of nitrogens with one attached hydrogen (secondary N) is 1. The van der Waals surface area contributed by atoms with E-state index in [-0.39, 0.29) is 0 Å². The Morgan fingerprint density at radius 2 is 2.17 bits per heavy atom. The zero-order valence-electron chi connectivity index (χ0n) is 11.3. The molecule has 1 N–H and O–H groups in total. The average molecular weight is 249 g/mol. The number of hydrogen-bond donors (Lipinski definition) is 1. The molecular weight excluding hydrogens is 226 g/mol. The van der Waals surface area contributed by atoms with Crippen molar-refractivity contribution < 1.29 is 0 Å². The number of likely N-dealkylation sites (tertiary alicyclic amines) is 1. The van der Waals surface area contributed by atoms with Gasteiger partial charge < -0.3 is 9.88 Å². The van der Waals surface area contributed by atoms with Crippen molar-refractivity contribution in [1.82, 2.24) is 25.0 Å². The van der Waals surface area contributed by atoms with Gasteiger partial charge >= 0.3 is 0 Å². The van der Waals surface area contributed by atoms with Crippen molar-refractivity contribution in [3.05, 3.63) is 12.2 Å². The van der Waals surface area contributed by atoms with Crippen molar-refractivity contribution in [2.45, 2.75) is 50.7 Å². The van der Waals surface area contributed by atoms with Gasteiger partial charge in [0.25, 0.3) is 0 Å². The van der Waals surface area contributed by atoms with E-state index in [2.05, 4.69) is 27.3 Å². The fraction of sp³-hybridized carbons (Fsp3) is 0.846. The van der Waals surface area contributed by atoms with Crippen molar-refractivity contribution in [2.75, 3.05) is 13.1 Å². The van der Waals surface area contributed by atoms with E-state index in [1.165, 1.54) is 32.2 Å². The predicted molar refractivity (Wildman–Crippen MR) is 70.2 cm³/mol. The van der Waals surface area contributed by atoms with Crippen LogP contribution in [-0.4, -0.2) is 44.8 Å². The van der Waals surface area contributed by atoms with Crippen LogP contribution in [0.2, 0.25) is 0 Å². The predicted octanol–water partition coefficient (Wildman–Crippen LogP) is 1.09. The van der Waals surface area contributed by atoms with Gasteiger partial charge in [0.2, 0.25) is 0 Å². The molecule has 2 heterocycles. The van der Waals surface area contributed by atoms with E-state index in [0.29, 0.717) is 12.1 Å². The Morgan fingerprint density at radius 1 is 1.33 bits per heavy atom. The van der Waals surface area contributed by atoms with E-state index in [1.807, 2.05) is 11.6 Å². The fourth-order valence-electron chi connectivity index (χ4n) is 2.91. The third kappa shape index (κ3) is 2.57. The second kappa shape index (κ2) is 4.97. The average Bonchev–Trinajstić information content (AvgIpc) is 3.08. The number of aromatic nitrogens is 3. The van der Waals surface area contributed by atoms with Crippen LogP contribution in [0.3, 0.4) is 0 Å². The lowest BCUT2D eigenvalue weighted by Crippen LogP contribution is -2.47. The normalized spacial score (nSPS) is 27.3. The van der Waals surface area contributed by atoms with Gasteiger partial charge in [-0.25, -0.2) is 0 Å². The maximum atomic E-state index is 4.24. The van der Waals surface area contributed by atoms with Crippen LogP contribution < -0.4 is 5.32 Å². The summed E-state index contributed by atoms with van der Waals surface area (Å²) < 4.78 is 2.03. The van der Waals surface area contributed by atoms with Gasteiger partial charge in [0.1, 0.15) is 12.2 Å². The van der Waals surface area contributed by atoms with E-state index < -0.39 is 0 Å². The highest BCUT2D eigenvalue weighted by atomic mass is 15.3. The first-order chi connectivity index (χ1) is 8.74. The van der Waals surface area contributed by atoms with Crippen LogP contribution in [0.1, 0.15) is 44.5 Å². The van der Waals surface area contributed by atoms with Gasteiger partial charge in [-0.05, 0) is 39.2 Å². The summed E-state index contributed by atoms with van der Waals surface area (Å²) in [5, 5.41) is 12.0. The summed E-state index contributed by atoms with van der Waals surface area (Å²) in [6.07, 6.45) is 7.13. The van der Waals surface area contributed by atoms with E-state index >= 15 is 0 Å². The van der Waals surface area contributed by atoms with Gasteiger partial charge in [-0.3, -0.25) is 4.90 Å². The zero-order valence-corrected chi connectivity index (χ0v) is 11.3. The Morgan fingerprint density at radius 3 is 2.83 bits per heavy atom. The Balaban J connectivity index is 1.62. The minimum atomic E-state index is 0.362. The number of aryl methyl sites for hydroxylation is 1. The molecule has 1 saturated carbocycles. The summed E-state index contributed by atoms with van der Waals surface area (Å²) >= 11 is 0. The van der Waals surface area contributed by atoms with Crippen LogP contribution in [0.25, 0.3) is 0 Å². The van der Waals surface area contributed by atoms with Gasteiger partial charge in [0.05, 0.1) is 6.04 Å². The molecule has 1 aromatic heterocycles. The molecule has 0 aromatic carbocycles. The maximum Gasteiger partial charge on any atom is 0.149 e. The van der Waals surface area contributed by atoms with Crippen LogP contribution in [0, 0.1) is 0 Å². The smallest absolute Gasteiger partial charge is 0.149 e. The fourth-order valence-corrected chi connectivity index (χ4v) is 2.91. The van der Waals surface area contributed by atoms with Crippen LogP contribution in [-0.2, 0) is 7.05 Å². The van der Waals surface area contributed by atoms with Crippen LogP contribution >= 0.6 is 0 Å². The molecule has 2 atom stereocenters. The lowest BCUT2D eigenvalue weighted by Gasteiger charge is -2.36. The first kappa shape index (κ1) is 12.1. The van der Waals surface area contributed by atoms with Gasteiger partial charge in [-0.1, -0.05) is 0 Å². The van der Waals surface area contributed by atoms with Gasteiger partial charge in [-0.2, -0.15) is 0 Å². The first-order valence-corrected chi connectivity index (χ1v) is 7.08. The summed E-state index contributed by atoms with van der Waals surface area (Å²) in [5.74, 6) is 1.07. The van der Waals surface area contributed by atoms with Gasteiger partial charge in [0.15, 0.2) is 0 Å². The van der Waals surface area contributed by atoms with Crippen molar-refractivity contribution in [2.24, 2.45) is 7.05 Å². The van der Waals surface area contributed by atoms with Crippen molar-refractivity contribution >= 4 is 0 Å². The maximum absolute atomic E-state index is 4.24. The largest absolute Gasteiger partial charge is 0.319 e. The van der Waals surface area contributed by atoms with Crippen LogP contribution in [0.4, 0.5) is 0 Å². The minimum Gasteiger partial charge on any atom is -0.319 e. The number of hydrogen-bond acceptors (Lipinski definition) is 4. The molecule has 0 spiro atoms. The summed E-state index contributed by atoms with van der Waals surface area (Å²) in [6.45, 7) is 4.56. The van der Waals surface area contributed by atoms with E-state index in [0.717, 1.165) is 18.4 Å². The number of rotatable bonds is 4. The Hall–Kier alpha value is -0.940. The van der Waals surface area contributed by atoms with E-state index in [1.54, 1.807) is 6.33 Å². The lowest BCUT2D eigenvalue weighted by atomic mass is 10.0. The Kier molecular flexibility index (Phi) is 3.35. The third-order valence-electron chi connectivity index (χ3n) is 4.17. The van der Waals surface area contributed by atoms with Gasteiger partial charge in [0, 0.05) is 25.7 Å². The summed E-state index contributed by atoms with van der Waals surface area (Å²) in [4.78, 5) is 2.54. The SMILES string of the molecule is CC(c1nncn1C)N1CCCC(NC2CC2)C1.